The van der Waals surface area contributed by atoms with Gasteiger partial charge >= 0.3 is 0 Å². The molecule has 1 aromatic carbocycles. The smallest absolute Gasteiger partial charge is 0.223 e. The van der Waals surface area contributed by atoms with E-state index in [0.29, 0.717) is 38.1 Å². The first kappa shape index (κ1) is 25.8. The summed E-state index contributed by atoms with van der Waals surface area (Å²) in [6.45, 7) is 6.25. The minimum atomic E-state index is -1.26. The number of benzene rings is 1. The van der Waals surface area contributed by atoms with Crippen molar-refractivity contribution in [1.82, 2.24) is 19.9 Å². The molecular weight excluding hydrogens is 480 g/mol. The Morgan fingerprint density at radius 2 is 2.00 bits per heavy atom. The molecule has 2 saturated heterocycles. The lowest BCUT2D eigenvalue weighted by Gasteiger charge is -2.33. The van der Waals surface area contributed by atoms with Crippen LogP contribution in [0, 0.1) is 5.82 Å². The lowest BCUT2D eigenvalue weighted by atomic mass is 9.92. The molecular formula is C27H33F2N5O3. The Morgan fingerprint density at radius 3 is 2.76 bits per heavy atom. The number of likely N-dealkylation sites (tertiary alicyclic amines) is 1. The molecule has 4 heterocycles. The maximum absolute atomic E-state index is 14.9. The van der Waals surface area contributed by atoms with Crippen molar-refractivity contribution in [3.63, 3.8) is 0 Å². The summed E-state index contributed by atoms with van der Waals surface area (Å²) >= 11 is 0. The Labute approximate surface area is 214 Å². The van der Waals surface area contributed by atoms with E-state index in [0.717, 1.165) is 28.2 Å². The number of pyridine rings is 1. The highest BCUT2D eigenvalue weighted by molar-refractivity contribution is 5.88. The number of halogens is 2. The van der Waals surface area contributed by atoms with Crippen molar-refractivity contribution in [2.45, 2.75) is 63.6 Å². The molecule has 198 valence electrons. The van der Waals surface area contributed by atoms with E-state index in [1.165, 1.54) is 0 Å². The van der Waals surface area contributed by atoms with Crippen LogP contribution in [0.2, 0.25) is 0 Å². The van der Waals surface area contributed by atoms with E-state index >= 15 is 0 Å². The van der Waals surface area contributed by atoms with Crippen LogP contribution in [-0.2, 0) is 11.3 Å². The third-order valence-corrected chi connectivity index (χ3v) is 7.21. The molecule has 4 atom stereocenters. The Balaban J connectivity index is 1.48. The Hall–Kier alpha value is -2.79. The minimum absolute atomic E-state index is 0.148. The van der Waals surface area contributed by atoms with Gasteiger partial charge < -0.3 is 20.3 Å². The van der Waals surface area contributed by atoms with E-state index < -0.39 is 24.2 Å². The fourth-order valence-corrected chi connectivity index (χ4v) is 5.25. The Morgan fingerprint density at radius 1 is 1.16 bits per heavy atom. The number of nitrogens with one attached hydrogen (secondary N) is 1. The van der Waals surface area contributed by atoms with E-state index in [4.69, 9.17) is 4.74 Å². The molecule has 2 aliphatic rings. The van der Waals surface area contributed by atoms with E-state index in [-0.39, 0.29) is 36.8 Å². The first-order valence-corrected chi connectivity index (χ1v) is 12.8. The number of anilines is 1. The van der Waals surface area contributed by atoms with Gasteiger partial charge in [-0.2, -0.15) is 0 Å². The maximum Gasteiger partial charge on any atom is 0.223 e. The monoisotopic (exact) mass is 513 g/mol. The molecule has 2 aliphatic heterocycles. The van der Waals surface area contributed by atoms with Crippen LogP contribution in [0.1, 0.15) is 43.7 Å². The molecule has 0 aliphatic carbocycles. The van der Waals surface area contributed by atoms with Crippen molar-refractivity contribution in [3.05, 3.63) is 47.5 Å². The fraction of sp³-hybridized carbons (Fsp3) is 0.519. The van der Waals surface area contributed by atoms with Gasteiger partial charge in [-0.05, 0) is 42.0 Å². The van der Waals surface area contributed by atoms with Gasteiger partial charge in [0.2, 0.25) is 5.95 Å². The van der Waals surface area contributed by atoms with Crippen LogP contribution in [-0.4, -0.2) is 80.8 Å². The number of aliphatic hydroxyl groups is 2. The number of hydrogen-bond donors (Lipinski definition) is 3. The molecule has 2 aromatic heterocycles. The number of nitrogens with zero attached hydrogens (tertiary/aromatic N) is 4. The summed E-state index contributed by atoms with van der Waals surface area (Å²) in [5.41, 5.74) is 3.60. The lowest BCUT2D eigenvalue weighted by molar-refractivity contribution is -0.0136. The van der Waals surface area contributed by atoms with Crippen LogP contribution in [0.5, 0.6) is 0 Å². The molecule has 5 rings (SSSR count). The molecule has 0 unspecified atom stereocenters. The number of aliphatic hydroxyl groups excluding tert-OH is 2. The van der Waals surface area contributed by atoms with Gasteiger partial charge in [-0.15, -0.1) is 0 Å². The zero-order valence-corrected chi connectivity index (χ0v) is 21.1. The molecule has 37 heavy (non-hydrogen) atoms. The summed E-state index contributed by atoms with van der Waals surface area (Å²) in [5.74, 6) is -0.158. The van der Waals surface area contributed by atoms with Crippen molar-refractivity contribution in [2.75, 3.05) is 31.6 Å². The van der Waals surface area contributed by atoms with Crippen molar-refractivity contribution >= 4 is 16.9 Å². The third-order valence-electron chi connectivity index (χ3n) is 7.21. The van der Waals surface area contributed by atoms with Gasteiger partial charge in [-0.25, -0.2) is 18.7 Å². The molecule has 0 radical (unpaired) electrons. The average Bonchev–Trinajstić information content (AvgIpc) is 2.88. The highest BCUT2D eigenvalue weighted by Gasteiger charge is 2.28. The minimum Gasteiger partial charge on any atom is -0.390 e. The van der Waals surface area contributed by atoms with E-state index in [9.17, 15) is 19.0 Å². The van der Waals surface area contributed by atoms with Crippen molar-refractivity contribution in [3.8, 4) is 11.3 Å². The first-order chi connectivity index (χ1) is 17.8. The number of fused-ring (bicyclic) bond motifs is 1. The summed E-state index contributed by atoms with van der Waals surface area (Å²) in [6, 6.07) is 5.27. The standard InChI is InChI=1S/C27H33F2N5O3/c1-15(2)25-17(12-34-7-5-23(35)20(29)13-34)10-30-21-4-3-16(9-18(21)25)26-19(28)11-31-27(33-26)32-22-6-8-37-14-24(22)36/h3-4,9-11,15,20,22-24,35-36H,5-8,12-14H2,1-2H3,(H,31,32,33)/t20-,22-,23-,24-/m1/s1. The van der Waals surface area contributed by atoms with Crippen molar-refractivity contribution in [2.24, 2.45) is 0 Å². The van der Waals surface area contributed by atoms with Gasteiger partial charge in [0.25, 0.3) is 0 Å². The number of piperidine rings is 1. The number of aromatic nitrogens is 3. The maximum atomic E-state index is 14.9. The van der Waals surface area contributed by atoms with Crippen molar-refractivity contribution in [1.29, 1.82) is 0 Å². The summed E-state index contributed by atoms with van der Waals surface area (Å²) in [4.78, 5) is 15.2. The molecule has 8 nitrogen and oxygen atoms in total. The van der Waals surface area contributed by atoms with Crippen LogP contribution >= 0.6 is 0 Å². The molecule has 10 heteroatoms. The van der Waals surface area contributed by atoms with Gasteiger partial charge in [-0.3, -0.25) is 9.88 Å². The van der Waals surface area contributed by atoms with Gasteiger partial charge in [0.05, 0.1) is 36.6 Å². The molecule has 3 aromatic rings. The topological polar surface area (TPSA) is 104 Å². The summed E-state index contributed by atoms with van der Waals surface area (Å²) < 4.78 is 34.3. The van der Waals surface area contributed by atoms with Crippen LogP contribution in [0.4, 0.5) is 14.7 Å². The quantitative estimate of drug-likeness (QED) is 0.461. The molecule has 3 N–H and O–H groups in total. The highest BCUT2D eigenvalue weighted by Crippen LogP contribution is 2.33. The van der Waals surface area contributed by atoms with Crippen LogP contribution in [0.3, 0.4) is 0 Å². The van der Waals surface area contributed by atoms with Crippen LogP contribution in [0.15, 0.2) is 30.6 Å². The SMILES string of the molecule is CC(C)c1c(CN2CC[C@@H](O)[C@H](F)C2)cnc2ccc(-c3nc(N[C@@H]4CCOC[C@H]4O)ncc3F)cc12. The van der Waals surface area contributed by atoms with Gasteiger partial charge in [0.15, 0.2) is 5.82 Å². The second-order valence-corrected chi connectivity index (χ2v) is 10.3. The summed E-state index contributed by atoms with van der Waals surface area (Å²) in [7, 11) is 0. The first-order valence-electron chi connectivity index (χ1n) is 12.8. The predicted octanol–water partition coefficient (Wildman–Crippen LogP) is 3.42. The highest BCUT2D eigenvalue weighted by atomic mass is 19.1. The number of hydrogen-bond acceptors (Lipinski definition) is 8. The summed E-state index contributed by atoms with van der Waals surface area (Å²) in [6.07, 6.45) is 1.10. The fourth-order valence-electron chi connectivity index (χ4n) is 5.25. The molecule has 0 amide bonds. The van der Waals surface area contributed by atoms with Crippen molar-refractivity contribution < 1.29 is 23.7 Å². The number of alkyl halides is 1. The van der Waals surface area contributed by atoms with E-state index in [1.807, 2.05) is 23.2 Å². The number of rotatable bonds is 6. The largest absolute Gasteiger partial charge is 0.390 e. The Kier molecular flexibility index (Phi) is 7.62. The van der Waals surface area contributed by atoms with Crippen LogP contribution < -0.4 is 5.32 Å². The zero-order valence-electron chi connectivity index (χ0n) is 21.1. The predicted molar refractivity (Wildman–Crippen MR) is 136 cm³/mol. The van der Waals surface area contributed by atoms with E-state index in [1.54, 1.807) is 6.07 Å². The lowest BCUT2D eigenvalue weighted by Crippen LogP contribution is -2.44. The third kappa shape index (κ3) is 5.57. The molecule has 2 fully saturated rings. The van der Waals surface area contributed by atoms with Crippen LogP contribution in [0.25, 0.3) is 22.2 Å². The molecule has 0 bridgehead atoms. The summed E-state index contributed by atoms with van der Waals surface area (Å²) in [5, 5.41) is 23.9. The van der Waals surface area contributed by atoms with Gasteiger partial charge in [0.1, 0.15) is 11.9 Å². The Bertz CT molecular complexity index is 1260. The number of ether oxygens (including phenoxy) is 1. The van der Waals surface area contributed by atoms with E-state index in [2.05, 4.69) is 34.1 Å². The second kappa shape index (κ2) is 10.9. The molecule has 0 spiro atoms. The normalized spacial score (nSPS) is 25.1. The zero-order chi connectivity index (χ0) is 26.1. The second-order valence-electron chi connectivity index (χ2n) is 10.3. The average molecular weight is 514 g/mol. The molecule has 0 saturated carbocycles. The van der Waals surface area contributed by atoms with Gasteiger partial charge in [-0.1, -0.05) is 19.9 Å². The van der Waals surface area contributed by atoms with Gasteiger partial charge in [0, 0.05) is 43.4 Å².